The van der Waals surface area contributed by atoms with Gasteiger partial charge in [0.05, 0.1) is 5.54 Å². The van der Waals surface area contributed by atoms with E-state index in [1.165, 1.54) is 0 Å². The molecule has 15 heavy (non-hydrogen) atoms. The number of hydrogen-bond donors (Lipinski definition) is 3. The molecule has 0 unspecified atom stereocenters. The van der Waals surface area contributed by atoms with Crippen molar-refractivity contribution in [3.63, 3.8) is 0 Å². The highest BCUT2D eigenvalue weighted by atomic mass is 16.7. The molecule has 0 aromatic rings. The Labute approximate surface area is 88.7 Å². The SMILES string of the molecule is CCNC(C)(C)C(=O)N[C@@H]1CONC1=O. The van der Waals surface area contributed by atoms with E-state index in [1.807, 2.05) is 6.92 Å². The normalized spacial score (nSPS) is 21.3. The molecular weight excluding hydrogens is 198 g/mol. The second kappa shape index (κ2) is 4.59. The van der Waals surface area contributed by atoms with Crippen LogP contribution in [0, 0.1) is 0 Å². The van der Waals surface area contributed by atoms with Crippen LogP contribution in [0.25, 0.3) is 0 Å². The zero-order valence-corrected chi connectivity index (χ0v) is 9.22. The van der Waals surface area contributed by atoms with Gasteiger partial charge < -0.3 is 10.6 Å². The first-order valence-corrected chi connectivity index (χ1v) is 4.95. The summed E-state index contributed by atoms with van der Waals surface area (Å²) >= 11 is 0. The van der Waals surface area contributed by atoms with E-state index in [-0.39, 0.29) is 18.4 Å². The predicted molar refractivity (Wildman–Crippen MR) is 53.8 cm³/mol. The van der Waals surface area contributed by atoms with Gasteiger partial charge in [0.25, 0.3) is 5.91 Å². The van der Waals surface area contributed by atoms with E-state index in [9.17, 15) is 9.59 Å². The van der Waals surface area contributed by atoms with Gasteiger partial charge in [0.1, 0.15) is 12.6 Å². The number of carbonyl (C=O) groups excluding carboxylic acids is 2. The molecule has 1 saturated heterocycles. The van der Waals surface area contributed by atoms with Gasteiger partial charge in [-0.2, -0.15) is 0 Å². The molecule has 1 rings (SSSR count). The van der Waals surface area contributed by atoms with Gasteiger partial charge in [-0.05, 0) is 20.4 Å². The van der Waals surface area contributed by atoms with Crippen molar-refractivity contribution < 1.29 is 14.4 Å². The van der Waals surface area contributed by atoms with E-state index in [1.54, 1.807) is 13.8 Å². The van der Waals surface area contributed by atoms with Gasteiger partial charge >= 0.3 is 0 Å². The average Bonchev–Trinajstić information content (AvgIpc) is 2.52. The molecule has 2 amide bonds. The van der Waals surface area contributed by atoms with Gasteiger partial charge in [0, 0.05) is 0 Å². The molecule has 0 radical (unpaired) electrons. The van der Waals surface area contributed by atoms with Crippen molar-refractivity contribution in [3.05, 3.63) is 0 Å². The van der Waals surface area contributed by atoms with Gasteiger partial charge in [-0.1, -0.05) is 6.92 Å². The van der Waals surface area contributed by atoms with E-state index >= 15 is 0 Å². The first-order chi connectivity index (χ1) is 6.97. The Hall–Kier alpha value is -1.14. The Bertz CT molecular complexity index is 265. The Kier molecular flexibility index (Phi) is 3.65. The number of likely N-dealkylation sites (N-methyl/N-ethyl adjacent to an activating group) is 1. The summed E-state index contributed by atoms with van der Waals surface area (Å²) < 4.78 is 0. The van der Waals surface area contributed by atoms with Gasteiger partial charge in [0.15, 0.2) is 0 Å². The van der Waals surface area contributed by atoms with Gasteiger partial charge in [0.2, 0.25) is 5.91 Å². The predicted octanol–water partition coefficient (Wildman–Crippen LogP) is -1.08. The molecule has 0 aliphatic carbocycles. The summed E-state index contributed by atoms with van der Waals surface area (Å²) in [6.45, 7) is 6.31. The minimum Gasteiger partial charge on any atom is -0.341 e. The lowest BCUT2D eigenvalue weighted by atomic mass is 10.0. The largest absolute Gasteiger partial charge is 0.341 e. The number of hydrogen-bond acceptors (Lipinski definition) is 4. The maximum absolute atomic E-state index is 11.7. The number of rotatable bonds is 4. The molecule has 0 aromatic heterocycles. The number of hydroxylamine groups is 1. The zero-order valence-electron chi connectivity index (χ0n) is 9.22. The Morgan fingerprint density at radius 1 is 1.67 bits per heavy atom. The van der Waals surface area contributed by atoms with Crippen molar-refractivity contribution in [1.82, 2.24) is 16.1 Å². The van der Waals surface area contributed by atoms with Gasteiger partial charge in [-0.25, -0.2) is 5.48 Å². The number of amides is 2. The topological polar surface area (TPSA) is 79.5 Å². The fourth-order valence-corrected chi connectivity index (χ4v) is 1.31. The van der Waals surface area contributed by atoms with E-state index < -0.39 is 11.6 Å². The number of nitrogens with one attached hydrogen (secondary N) is 3. The Morgan fingerprint density at radius 3 is 2.80 bits per heavy atom. The molecule has 0 bridgehead atoms. The summed E-state index contributed by atoms with van der Waals surface area (Å²) in [4.78, 5) is 27.6. The summed E-state index contributed by atoms with van der Waals surface area (Å²) in [6, 6.07) is -0.588. The van der Waals surface area contributed by atoms with Crippen molar-refractivity contribution in [2.75, 3.05) is 13.2 Å². The van der Waals surface area contributed by atoms with Gasteiger partial charge in [-0.15, -0.1) is 0 Å². The standard InChI is InChI=1S/C9H17N3O3/c1-4-10-9(2,3)8(14)11-6-5-15-12-7(6)13/h6,10H,4-5H2,1-3H3,(H,11,14)(H,12,13)/t6-/m1/s1. The molecule has 1 atom stereocenters. The Balaban J connectivity index is 2.50. The van der Waals surface area contributed by atoms with Crippen molar-refractivity contribution in [2.45, 2.75) is 32.4 Å². The summed E-state index contributed by atoms with van der Waals surface area (Å²) in [5, 5.41) is 5.64. The zero-order chi connectivity index (χ0) is 11.5. The summed E-state index contributed by atoms with van der Waals surface area (Å²) in [5.74, 6) is -0.523. The van der Waals surface area contributed by atoms with Crippen molar-refractivity contribution >= 4 is 11.8 Å². The molecule has 6 nitrogen and oxygen atoms in total. The second-order valence-electron chi connectivity index (χ2n) is 3.96. The summed E-state index contributed by atoms with van der Waals surface area (Å²) in [5.41, 5.74) is 1.50. The molecule has 0 saturated carbocycles. The quantitative estimate of drug-likeness (QED) is 0.557. The highest BCUT2D eigenvalue weighted by molar-refractivity contribution is 5.91. The minimum atomic E-state index is -0.683. The third-order valence-corrected chi connectivity index (χ3v) is 2.23. The maximum atomic E-state index is 11.7. The van der Waals surface area contributed by atoms with E-state index in [4.69, 9.17) is 4.84 Å². The summed E-state index contributed by atoms with van der Waals surface area (Å²) in [7, 11) is 0. The molecule has 86 valence electrons. The van der Waals surface area contributed by atoms with E-state index in [0.717, 1.165) is 0 Å². The van der Waals surface area contributed by atoms with Crippen molar-refractivity contribution in [1.29, 1.82) is 0 Å². The molecule has 1 heterocycles. The first-order valence-electron chi connectivity index (χ1n) is 4.95. The smallest absolute Gasteiger partial charge is 0.268 e. The van der Waals surface area contributed by atoms with Crippen LogP contribution in [-0.2, 0) is 14.4 Å². The lowest BCUT2D eigenvalue weighted by Crippen LogP contribution is -2.56. The fourth-order valence-electron chi connectivity index (χ4n) is 1.31. The van der Waals surface area contributed by atoms with Crippen LogP contribution >= 0.6 is 0 Å². The van der Waals surface area contributed by atoms with Crippen molar-refractivity contribution in [2.24, 2.45) is 0 Å². The lowest BCUT2D eigenvalue weighted by Gasteiger charge is -2.25. The second-order valence-corrected chi connectivity index (χ2v) is 3.96. The third-order valence-electron chi connectivity index (χ3n) is 2.23. The monoisotopic (exact) mass is 215 g/mol. The lowest BCUT2D eigenvalue weighted by molar-refractivity contribution is -0.131. The number of carbonyl (C=O) groups is 2. The van der Waals surface area contributed by atoms with E-state index in [0.29, 0.717) is 6.54 Å². The Morgan fingerprint density at radius 2 is 2.33 bits per heavy atom. The summed E-state index contributed by atoms with van der Waals surface area (Å²) in [6.07, 6.45) is 0. The minimum absolute atomic E-state index is 0.173. The fraction of sp³-hybridized carbons (Fsp3) is 0.778. The first kappa shape index (κ1) is 11.9. The van der Waals surface area contributed by atoms with Crippen molar-refractivity contribution in [3.8, 4) is 0 Å². The van der Waals surface area contributed by atoms with Crippen LogP contribution in [0.1, 0.15) is 20.8 Å². The van der Waals surface area contributed by atoms with Crippen LogP contribution in [0.3, 0.4) is 0 Å². The molecule has 1 fully saturated rings. The average molecular weight is 215 g/mol. The highest BCUT2D eigenvalue weighted by Gasteiger charge is 2.33. The van der Waals surface area contributed by atoms with Crippen LogP contribution in [0.4, 0.5) is 0 Å². The van der Waals surface area contributed by atoms with Gasteiger partial charge in [-0.3, -0.25) is 14.4 Å². The molecular formula is C9H17N3O3. The van der Waals surface area contributed by atoms with Crippen LogP contribution in [-0.4, -0.2) is 36.5 Å². The molecule has 3 N–H and O–H groups in total. The molecule has 0 aromatic carbocycles. The third kappa shape index (κ3) is 2.90. The highest BCUT2D eigenvalue weighted by Crippen LogP contribution is 2.03. The van der Waals surface area contributed by atoms with Crippen LogP contribution < -0.4 is 16.1 Å². The maximum Gasteiger partial charge on any atom is 0.268 e. The van der Waals surface area contributed by atoms with Crippen LogP contribution in [0.5, 0.6) is 0 Å². The van der Waals surface area contributed by atoms with Crippen LogP contribution in [0.15, 0.2) is 0 Å². The van der Waals surface area contributed by atoms with Crippen LogP contribution in [0.2, 0.25) is 0 Å². The molecule has 1 aliphatic heterocycles. The molecule has 1 aliphatic rings. The molecule has 6 heteroatoms. The molecule has 0 spiro atoms. The van der Waals surface area contributed by atoms with E-state index in [2.05, 4.69) is 16.1 Å².